The van der Waals surface area contributed by atoms with Gasteiger partial charge in [0.25, 0.3) is 6.43 Å². The summed E-state index contributed by atoms with van der Waals surface area (Å²) < 4.78 is 28.5. The molecule has 1 unspecified atom stereocenters. The zero-order chi connectivity index (χ0) is 10.4. The molecule has 1 atom stereocenters. The number of ether oxygens (including phenoxy) is 1. The number of alkyl halides is 2. The third-order valence-corrected chi connectivity index (χ3v) is 1.71. The van der Waals surface area contributed by atoms with Gasteiger partial charge >= 0.3 is 5.97 Å². The Morgan fingerprint density at radius 2 is 2.08 bits per heavy atom. The van der Waals surface area contributed by atoms with E-state index in [0.717, 1.165) is 0 Å². The van der Waals surface area contributed by atoms with Crippen LogP contribution in [0.1, 0.15) is 13.8 Å². The Kier molecular flexibility index (Phi) is 5.53. The number of likely N-dealkylation sites (N-methyl/N-ethyl adjacent to an activating group) is 1. The summed E-state index contributed by atoms with van der Waals surface area (Å²) in [6.45, 7) is 3.07. The second-order valence-corrected chi connectivity index (χ2v) is 2.76. The molecule has 0 N–H and O–H groups in total. The van der Waals surface area contributed by atoms with Crippen LogP contribution in [0.3, 0.4) is 0 Å². The molecule has 0 aliphatic rings. The van der Waals surface area contributed by atoms with Gasteiger partial charge in [0.05, 0.1) is 13.2 Å². The van der Waals surface area contributed by atoms with Gasteiger partial charge in [0.15, 0.2) is 0 Å². The molecule has 0 saturated heterocycles. The lowest BCUT2D eigenvalue weighted by Gasteiger charge is -2.22. The minimum Gasteiger partial charge on any atom is -0.465 e. The number of hydrogen-bond acceptors (Lipinski definition) is 3. The Morgan fingerprint density at radius 1 is 1.54 bits per heavy atom. The average Bonchev–Trinajstić information content (AvgIpc) is 2.02. The zero-order valence-electron chi connectivity index (χ0n) is 8.09. The molecule has 0 heterocycles. The fourth-order valence-corrected chi connectivity index (χ4v) is 0.819. The highest BCUT2D eigenvalue weighted by atomic mass is 19.3. The van der Waals surface area contributed by atoms with Gasteiger partial charge in [-0.05, 0) is 20.9 Å². The molecule has 0 aromatic carbocycles. The van der Waals surface area contributed by atoms with Gasteiger partial charge in [-0.2, -0.15) is 0 Å². The number of nitrogens with zero attached hydrogens (tertiary/aromatic N) is 1. The van der Waals surface area contributed by atoms with Crippen LogP contribution >= 0.6 is 0 Å². The highest BCUT2D eigenvalue weighted by Gasteiger charge is 2.21. The topological polar surface area (TPSA) is 29.5 Å². The van der Waals surface area contributed by atoms with Crippen molar-refractivity contribution in [2.45, 2.75) is 26.3 Å². The smallest absolute Gasteiger partial charge is 0.323 e. The maximum atomic E-state index is 11.9. The summed E-state index contributed by atoms with van der Waals surface area (Å²) in [4.78, 5) is 12.3. The summed E-state index contributed by atoms with van der Waals surface area (Å²) in [5.41, 5.74) is 0. The summed E-state index contributed by atoms with van der Waals surface area (Å²) in [6.07, 6.45) is -2.43. The Bertz CT molecular complexity index is 164. The lowest BCUT2D eigenvalue weighted by Crippen LogP contribution is -2.39. The summed E-state index contributed by atoms with van der Waals surface area (Å²) in [7, 11) is 1.47. The van der Waals surface area contributed by atoms with Crippen molar-refractivity contribution < 1.29 is 18.3 Å². The predicted octanol–water partition coefficient (Wildman–Crippen LogP) is 1.13. The molecule has 0 aliphatic carbocycles. The number of esters is 1. The van der Waals surface area contributed by atoms with Crippen molar-refractivity contribution in [3.05, 3.63) is 0 Å². The van der Waals surface area contributed by atoms with Crippen molar-refractivity contribution in [1.29, 1.82) is 0 Å². The Balaban J connectivity index is 3.93. The largest absolute Gasteiger partial charge is 0.465 e. The van der Waals surface area contributed by atoms with Crippen LogP contribution in [0.5, 0.6) is 0 Å². The van der Waals surface area contributed by atoms with Gasteiger partial charge in [-0.3, -0.25) is 9.69 Å². The first-order valence-corrected chi connectivity index (χ1v) is 4.14. The summed E-state index contributed by atoms with van der Waals surface area (Å²) in [5, 5.41) is 0. The molecule has 0 rings (SSSR count). The highest BCUT2D eigenvalue weighted by Crippen LogP contribution is 2.02. The van der Waals surface area contributed by atoms with Crippen molar-refractivity contribution in [2.75, 3.05) is 20.2 Å². The van der Waals surface area contributed by atoms with Crippen LogP contribution in [-0.4, -0.2) is 43.5 Å². The van der Waals surface area contributed by atoms with E-state index in [1.165, 1.54) is 11.9 Å². The molecule has 5 heteroatoms. The van der Waals surface area contributed by atoms with E-state index < -0.39 is 25.0 Å². The third-order valence-electron chi connectivity index (χ3n) is 1.71. The highest BCUT2D eigenvalue weighted by molar-refractivity contribution is 5.75. The number of halogens is 2. The first kappa shape index (κ1) is 12.3. The van der Waals surface area contributed by atoms with Gasteiger partial charge in [0.1, 0.15) is 6.04 Å². The van der Waals surface area contributed by atoms with Crippen molar-refractivity contribution in [3.8, 4) is 0 Å². The quantitative estimate of drug-likeness (QED) is 0.616. The lowest BCUT2D eigenvalue weighted by molar-refractivity contribution is -0.148. The molecule has 3 nitrogen and oxygen atoms in total. The number of carbonyl (C=O) groups excluding carboxylic acids is 1. The van der Waals surface area contributed by atoms with Crippen LogP contribution < -0.4 is 0 Å². The van der Waals surface area contributed by atoms with E-state index in [1.807, 2.05) is 0 Å². The first-order chi connectivity index (χ1) is 5.99. The van der Waals surface area contributed by atoms with E-state index in [1.54, 1.807) is 13.8 Å². The number of carbonyl (C=O) groups is 1. The van der Waals surface area contributed by atoms with E-state index in [4.69, 9.17) is 0 Å². The molecule has 0 aromatic rings. The molecule has 0 saturated carbocycles. The van der Waals surface area contributed by atoms with E-state index in [0.29, 0.717) is 0 Å². The Hall–Kier alpha value is -0.710. The maximum absolute atomic E-state index is 11.9. The fraction of sp³-hybridized carbons (Fsp3) is 0.875. The van der Waals surface area contributed by atoms with Gasteiger partial charge in [-0.25, -0.2) is 8.78 Å². The molecule has 0 radical (unpaired) electrons. The van der Waals surface area contributed by atoms with Gasteiger partial charge in [0.2, 0.25) is 0 Å². The monoisotopic (exact) mass is 195 g/mol. The van der Waals surface area contributed by atoms with Crippen molar-refractivity contribution in [1.82, 2.24) is 4.90 Å². The van der Waals surface area contributed by atoms with E-state index in [9.17, 15) is 13.6 Å². The molecule has 0 aromatic heterocycles. The SMILES string of the molecule is CCOC(=O)C(C)N(C)CC(F)F. The molecule has 0 spiro atoms. The van der Waals surface area contributed by atoms with Crippen LogP contribution in [0.4, 0.5) is 8.78 Å². The molecular formula is C8H15F2NO2. The minimum atomic E-state index is -2.43. The first-order valence-electron chi connectivity index (χ1n) is 4.14. The second-order valence-electron chi connectivity index (χ2n) is 2.76. The third kappa shape index (κ3) is 4.77. The molecular weight excluding hydrogens is 180 g/mol. The van der Waals surface area contributed by atoms with Crippen LogP contribution in [0.25, 0.3) is 0 Å². The van der Waals surface area contributed by atoms with Crippen molar-refractivity contribution in [2.24, 2.45) is 0 Å². The molecule has 0 fully saturated rings. The van der Waals surface area contributed by atoms with Gasteiger partial charge in [-0.15, -0.1) is 0 Å². The molecule has 0 amide bonds. The molecule has 13 heavy (non-hydrogen) atoms. The van der Waals surface area contributed by atoms with Crippen LogP contribution in [-0.2, 0) is 9.53 Å². The molecule has 78 valence electrons. The summed E-state index contributed by atoms with van der Waals surface area (Å²) >= 11 is 0. The Morgan fingerprint density at radius 3 is 2.46 bits per heavy atom. The standard InChI is InChI=1S/C8H15F2NO2/c1-4-13-8(12)6(2)11(3)5-7(9)10/h6-7H,4-5H2,1-3H3. The van der Waals surface area contributed by atoms with E-state index >= 15 is 0 Å². The fourth-order valence-electron chi connectivity index (χ4n) is 0.819. The lowest BCUT2D eigenvalue weighted by atomic mass is 10.3. The van der Waals surface area contributed by atoms with E-state index in [-0.39, 0.29) is 6.61 Å². The summed E-state index contributed by atoms with van der Waals surface area (Å²) in [5.74, 6) is -0.467. The van der Waals surface area contributed by atoms with Gasteiger partial charge in [0, 0.05) is 0 Å². The van der Waals surface area contributed by atoms with Gasteiger partial charge < -0.3 is 4.74 Å². The normalized spacial score (nSPS) is 13.5. The van der Waals surface area contributed by atoms with E-state index in [2.05, 4.69) is 4.74 Å². The number of hydrogen-bond donors (Lipinski definition) is 0. The predicted molar refractivity (Wildman–Crippen MR) is 44.7 cm³/mol. The Labute approximate surface area is 76.7 Å². The molecule has 0 aliphatic heterocycles. The maximum Gasteiger partial charge on any atom is 0.323 e. The average molecular weight is 195 g/mol. The van der Waals surface area contributed by atoms with Crippen molar-refractivity contribution >= 4 is 5.97 Å². The van der Waals surface area contributed by atoms with Crippen LogP contribution in [0.2, 0.25) is 0 Å². The number of rotatable bonds is 5. The van der Waals surface area contributed by atoms with Gasteiger partial charge in [-0.1, -0.05) is 0 Å². The second kappa shape index (κ2) is 5.85. The van der Waals surface area contributed by atoms with Crippen molar-refractivity contribution in [3.63, 3.8) is 0 Å². The zero-order valence-corrected chi connectivity index (χ0v) is 8.09. The summed E-state index contributed by atoms with van der Waals surface area (Å²) in [6, 6.07) is -0.617. The minimum absolute atomic E-state index is 0.270. The van der Waals surface area contributed by atoms with Crippen LogP contribution in [0, 0.1) is 0 Å². The van der Waals surface area contributed by atoms with Crippen LogP contribution in [0.15, 0.2) is 0 Å². The molecule has 0 bridgehead atoms.